The van der Waals surface area contributed by atoms with Crippen molar-refractivity contribution in [2.24, 2.45) is 11.1 Å². The van der Waals surface area contributed by atoms with Crippen molar-refractivity contribution in [2.75, 3.05) is 19.6 Å². The molecule has 0 spiro atoms. The average Bonchev–Trinajstić information content (AvgIpc) is 3.00. The number of likely N-dealkylation sites (tertiary alicyclic amines) is 1. The van der Waals surface area contributed by atoms with Gasteiger partial charge in [0.05, 0.1) is 5.02 Å². The number of carbonyl (C=O) groups is 1. The van der Waals surface area contributed by atoms with E-state index in [4.69, 9.17) is 28.9 Å². The van der Waals surface area contributed by atoms with Gasteiger partial charge in [0.25, 0.3) is 5.91 Å². The summed E-state index contributed by atoms with van der Waals surface area (Å²) in [6, 6.07) is 5.50. The Morgan fingerprint density at radius 3 is 2.82 bits per heavy atom. The number of halogens is 3. The van der Waals surface area contributed by atoms with Crippen molar-refractivity contribution in [1.29, 1.82) is 0 Å². The van der Waals surface area contributed by atoms with Crippen molar-refractivity contribution in [3.8, 4) is 0 Å². The Kier molecular flexibility index (Phi) is 5.30. The Bertz CT molecular complexity index is 718. The molecule has 1 amide bonds. The number of hydrogen-bond donors (Lipinski definition) is 1. The number of thiophene rings is 1. The van der Waals surface area contributed by atoms with Gasteiger partial charge in [0, 0.05) is 28.2 Å². The zero-order chi connectivity index (χ0) is 15.2. The molecule has 3 nitrogen and oxygen atoms in total. The summed E-state index contributed by atoms with van der Waals surface area (Å²) in [6.45, 7) is 4.13. The molecule has 120 valence electrons. The lowest BCUT2D eigenvalue weighted by molar-refractivity contribution is 0.0782. The molecule has 7 heteroatoms. The van der Waals surface area contributed by atoms with E-state index in [1.807, 2.05) is 17.0 Å². The summed E-state index contributed by atoms with van der Waals surface area (Å²) in [5, 5.41) is 2.06. The molecule has 3 rings (SSSR count). The first-order chi connectivity index (χ1) is 9.93. The molecule has 1 aliphatic heterocycles. The van der Waals surface area contributed by atoms with E-state index in [1.54, 1.807) is 6.07 Å². The summed E-state index contributed by atoms with van der Waals surface area (Å²) in [4.78, 5) is 15.1. The van der Waals surface area contributed by atoms with E-state index in [0.717, 1.165) is 23.1 Å². The molecule has 1 aromatic carbocycles. The van der Waals surface area contributed by atoms with Crippen LogP contribution in [0.2, 0.25) is 10.0 Å². The first kappa shape index (κ1) is 17.8. The minimum atomic E-state index is -0.00509. The molecule has 1 atom stereocenters. The topological polar surface area (TPSA) is 46.3 Å². The second-order valence-corrected chi connectivity index (χ2v) is 7.74. The van der Waals surface area contributed by atoms with Gasteiger partial charge in [-0.05, 0) is 30.5 Å². The molecular weight excluding hydrogens is 363 g/mol. The van der Waals surface area contributed by atoms with Gasteiger partial charge in [0.15, 0.2) is 0 Å². The fourth-order valence-corrected chi connectivity index (χ4v) is 4.44. The summed E-state index contributed by atoms with van der Waals surface area (Å²) in [5.41, 5.74) is 5.82. The highest BCUT2D eigenvalue weighted by atomic mass is 35.5. The molecule has 2 heterocycles. The molecule has 22 heavy (non-hydrogen) atoms. The molecule has 0 saturated carbocycles. The van der Waals surface area contributed by atoms with E-state index in [2.05, 4.69) is 6.92 Å². The van der Waals surface area contributed by atoms with E-state index < -0.39 is 0 Å². The standard InChI is InChI=1S/C15H16Cl2N2OS.ClH/c1-15(7-18)4-5-19(8-15)14(20)13-12(17)10-3-2-9(16)6-11(10)21-13;/h2-3,6H,4-5,7-8,18H2,1H3;1H. The Hall–Kier alpha value is -0.520. The molecule has 0 aliphatic carbocycles. The number of amides is 1. The summed E-state index contributed by atoms with van der Waals surface area (Å²) in [5.74, 6) is -0.00509. The molecule has 0 bridgehead atoms. The third kappa shape index (κ3) is 3.08. The van der Waals surface area contributed by atoms with E-state index in [1.165, 1.54) is 11.3 Å². The molecule has 0 radical (unpaired) electrons. The van der Waals surface area contributed by atoms with Crippen LogP contribution in [0.5, 0.6) is 0 Å². The van der Waals surface area contributed by atoms with Crippen LogP contribution in [0.1, 0.15) is 23.0 Å². The summed E-state index contributed by atoms with van der Waals surface area (Å²) in [6.07, 6.45) is 0.934. The van der Waals surface area contributed by atoms with Crippen molar-refractivity contribution >= 4 is 62.9 Å². The van der Waals surface area contributed by atoms with Gasteiger partial charge in [-0.2, -0.15) is 0 Å². The Morgan fingerprint density at radius 2 is 2.18 bits per heavy atom. The van der Waals surface area contributed by atoms with Crippen LogP contribution in [0.3, 0.4) is 0 Å². The Morgan fingerprint density at radius 1 is 1.45 bits per heavy atom. The predicted molar refractivity (Wildman–Crippen MR) is 96.8 cm³/mol. The van der Waals surface area contributed by atoms with Gasteiger partial charge in [-0.25, -0.2) is 0 Å². The second kappa shape index (κ2) is 6.54. The smallest absolute Gasteiger partial charge is 0.265 e. The fourth-order valence-electron chi connectivity index (χ4n) is 2.68. The van der Waals surface area contributed by atoms with E-state index >= 15 is 0 Å². The average molecular weight is 380 g/mol. The number of hydrogen-bond acceptors (Lipinski definition) is 3. The Labute approximate surface area is 149 Å². The van der Waals surface area contributed by atoms with Crippen LogP contribution in [-0.4, -0.2) is 30.4 Å². The molecule has 1 unspecified atom stereocenters. The summed E-state index contributed by atoms with van der Waals surface area (Å²) in [7, 11) is 0. The maximum absolute atomic E-state index is 12.7. The van der Waals surface area contributed by atoms with Crippen molar-refractivity contribution < 1.29 is 4.79 Å². The van der Waals surface area contributed by atoms with Gasteiger partial charge >= 0.3 is 0 Å². The third-order valence-corrected chi connectivity index (χ3v) is 6.00. The lowest BCUT2D eigenvalue weighted by atomic mass is 9.90. The second-order valence-electron chi connectivity index (χ2n) is 5.88. The number of benzene rings is 1. The molecule has 1 aromatic heterocycles. The zero-order valence-corrected chi connectivity index (χ0v) is 15.2. The monoisotopic (exact) mass is 378 g/mol. The number of nitrogens with two attached hydrogens (primary N) is 1. The maximum atomic E-state index is 12.7. The van der Waals surface area contributed by atoms with Crippen molar-refractivity contribution in [3.05, 3.63) is 33.1 Å². The van der Waals surface area contributed by atoms with Crippen molar-refractivity contribution in [3.63, 3.8) is 0 Å². The molecule has 2 N–H and O–H groups in total. The summed E-state index contributed by atoms with van der Waals surface area (Å²) < 4.78 is 0.941. The minimum absolute atomic E-state index is 0. The normalized spacial score (nSPS) is 21.2. The highest BCUT2D eigenvalue weighted by Crippen LogP contribution is 2.39. The minimum Gasteiger partial charge on any atom is -0.337 e. The number of rotatable bonds is 2. The SMILES string of the molecule is CC1(CN)CCN(C(=O)c2sc3cc(Cl)ccc3c2Cl)C1.Cl. The summed E-state index contributed by atoms with van der Waals surface area (Å²) >= 11 is 13.8. The molecule has 2 aromatic rings. The quantitative estimate of drug-likeness (QED) is 0.838. The molecule has 1 fully saturated rings. The molecular formula is C15H17Cl3N2OS. The van der Waals surface area contributed by atoms with Crippen LogP contribution in [-0.2, 0) is 0 Å². The van der Waals surface area contributed by atoms with E-state index in [0.29, 0.717) is 28.0 Å². The van der Waals surface area contributed by atoms with Gasteiger partial charge in [0.2, 0.25) is 0 Å². The van der Waals surface area contributed by atoms with Crippen LogP contribution < -0.4 is 5.73 Å². The first-order valence-corrected chi connectivity index (χ1v) is 8.38. The third-order valence-electron chi connectivity index (χ3n) is 4.12. The van der Waals surface area contributed by atoms with Crippen LogP contribution >= 0.6 is 46.9 Å². The molecule has 1 aliphatic rings. The van der Waals surface area contributed by atoms with E-state index in [9.17, 15) is 4.79 Å². The zero-order valence-electron chi connectivity index (χ0n) is 12.1. The van der Waals surface area contributed by atoms with E-state index in [-0.39, 0.29) is 23.7 Å². The highest BCUT2D eigenvalue weighted by molar-refractivity contribution is 7.21. The number of fused-ring (bicyclic) bond motifs is 1. The number of nitrogens with zero attached hydrogens (tertiary/aromatic N) is 1. The van der Waals surface area contributed by atoms with Gasteiger partial charge in [-0.1, -0.05) is 36.2 Å². The van der Waals surface area contributed by atoms with Gasteiger partial charge < -0.3 is 10.6 Å². The van der Waals surface area contributed by atoms with Gasteiger partial charge in [-0.15, -0.1) is 23.7 Å². The predicted octanol–water partition coefficient (Wildman–Crippen LogP) is 4.44. The first-order valence-electron chi connectivity index (χ1n) is 6.80. The van der Waals surface area contributed by atoms with Gasteiger partial charge in [-0.3, -0.25) is 4.79 Å². The largest absolute Gasteiger partial charge is 0.337 e. The fraction of sp³-hybridized carbons (Fsp3) is 0.400. The van der Waals surface area contributed by atoms with Gasteiger partial charge in [0.1, 0.15) is 4.88 Å². The van der Waals surface area contributed by atoms with Crippen LogP contribution in [0.4, 0.5) is 0 Å². The van der Waals surface area contributed by atoms with Crippen LogP contribution in [0.15, 0.2) is 18.2 Å². The molecule has 1 saturated heterocycles. The highest BCUT2D eigenvalue weighted by Gasteiger charge is 2.36. The lowest BCUT2D eigenvalue weighted by Gasteiger charge is -2.22. The lowest BCUT2D eigenvalue weighted by Crippen LogP contribution is -2.34. The maximum Gasteiger partial charge on any atom is 0.265 e. The van der Waals surface area contributed by atoms with Crippen molar-refractivity contribution in [2.45, 2.75) is 13.3 Å². The van der Waals surface area contributed by atoms with Crippen LogP contribution in [0.25, 0.3) is 10.1 Å². The van der Waals surface area contributed by atoms with Crippen molar-refractivity contribution in [1.82, 2.24) is 4.90 Å². The Balaban J connectivity index is 0.00000176. The number of carbonyl (C=O) groups excluding carboxylic acids is 1. The van der Waals surface area contributed by atoms with Crippen LogP contribution in [0, 0.1) is 5.41 Å².